The van der Waals surface area contributed by atoms with E-state index in [9.17, 15) is 8.42 Å². The first-order chi connectivity index (χ1) is 11.0. The first kappa shape index (κ1) is 15.2. The van der Waals surface area contributed by atoms with E-state index < -0.39 is 10.0 Å². The molecule has 118 valence electrons. The number of rotatable bonds is 4. The molecule has 5 nitrogen and oxygen atoms in total. The van der Waals surface area contributed by atoms with Crippen LogP contribution in [-0.4, -0.2) is 19.5 Å². The molecule has 2 aromatic carbocycles. The summed E-state index contributed by atoms with van der Waals surface area (Å²) in [5.41, 5.74) is 7.62. The third-order valence-electron chi connectivity index (χ3n) is 3.54. The van der Waals surface area contributed by atoms with Gasteiger partial charge in [0.05, 0.1) is 23.4 Å². The summed E-state index contributed by atoms with van der Waals surface area (Å²) in [6.07, 6.45) is 1.53. The molecule has 0 fully saturated rings. The fourth-order valence-electron chi connectivity index (χ4n) is 2.40. The second kappa shape index (κ2) is 5.81. The van der Waals surface area contributed by atoms with Crippen LogP contribution in [0.2, 0.25) is 0 Å². The van der Waals surface area contributed by atoms with Gasteiger partial charge in [-0.15, -0.1) is 0 Å². The number of methoxy groups -OCH3 is 1. The predicted octanol–water partition coefficient (Wildman–Crippen LogP) is 2.98. The Balaban J connectivity index is 2.12. The molecule has 1 heterocycles. The van der Waals surface area contributed by atoms with Crippen molar-refractivity contribution in [1.29, 1.82) is 0 Å². The van der Waals surface area contributed by atoms with Gasteiger partial charge in [-0.25, -0.2) is 12.4 Å². The van der Waals surface area contributed by atoms with Crippen LogP contribution in [0.5, 0.6) is 5.75 Å². The molecule has 0 bridgehead atoms. The average Bonchev–Trinajstić information content (AvgIpc) is 3.06. The number of ether oxygens (including phenoxy) is 1. The van der Waals surface area contributed by atoms with Gasteiger partial charge in [0.15, 0.2) is 0 Å². The number of aromatic nitrogens is 1. The highest BCUT2D eigenvalue weighted by atomic mass is 32.2. The van der Waals surface area contributed by atoms with Crippen molar-refractivity contribution < 1.29 is 13.2 Å². The molecule has 23 heavy (non-hydrogen) atoms. The Morgan fingerprint density at radius 2 is 1.74 bits per heavy atom. The molecule has 0 unspecified atom stereocenters. The number of nitrogens with two attached hydrogens (primary N) is 1. The van der Waals surface area contributed by atoms with Gasteiger partial charge in [-0.2, -0.15) is 0 Å². The van der Waals surface area contributed by atoms with E-state index in [0.717, 1.165) is 0 Å². The minimum atomic E-state index is -3.66. The smallest absolute Gasteiger partial charge is 0.268 e. The molecule has 0 saturated heterocycles. The summed E-state index contributed by atoms with van der Waals surface area (Å²) in [6.45, 7) is 0. The maximum Gasteiger partial charge on any atom is 0.268 e. The lowest BCUT2D eigenvalue weighted by molar-refractivity contribution is 0.417. The van der Waals surface area contributed by atoms with Crippen LogP contribution < -0.4 is 10.5 Å². The van der Waals surface area contributed by atoms with E-state index in [0.29, 0.717) is 22.7 Å². The molecule has 0 radical (unpaired) electrons. The minimum absolute atomic E-state index is 0.235. The van der Waals surface area contributed by atoms with Crippen LogP contribution in [0, 0.1) is 0 Å². The number of nitrogen functional groups attached to an aromatic ring is 1. The molecular formula is C17H16N2O3S. The van der Waals surface area contributed by atoms with E-state index >= 15 is 0 Å². The van der Waals surface area contributed by atoms with E-state index in [4.69, 9.17) is 10.5 Å². The van der Waals surface area contributed by atoms with Crippen LogP contribution in [0.3, 0.4) is 0 Å². The van der Waals surface area contributed by atoms with Crippen LogP contribution >= 0.6 is 0 Å². The number of nitrogens with zero attached hydrogens (tertiary/aromatic N) is 1. The molecule has 0 aliphatic heterocycles. The van der Waals surface area contributed by atoms with Crippen molar-refractivity contribution in [1.82, 2.24) is 3.97 Å². The summed E-state index contributed by atoms with van der Waals surface area (Å²) >= 11 is 0. The molecule has 0 amide bonds. The molecule has 2 N–H and O–H groups in total. The fourth-order valence-corrected chi connectivity index (χ4v) is 3.78. The molecular weight excluding hydrogens is 312 g/mol. The highest BCUT2D eigenvalue weighted by Crippen LogP contribution is 2.30. The Morgan fingerprint density at radius 1 is 1.00 bits per heavy atom. The molecule has 0 aliphatic rings. The Bertz CT molecular complexity index is 931. The van der Waals surface area contributed by atoms with E-state index in [1.165, 1.54) is 17.3 Å². The van der Waals surface area contributed by atoms with Gasteiger partial charge >= 0.3 is 0 Å². The Morgan fingerprint density at radius 3 is 2.39 bits per heavy atom. The first-order valence-electron chi connectivity index (χ1n) is 6.96. The summed E-state index contributed by atoms with van der Waals surface area (Å²) in [5.74, 6) is 0.553. The third-order valence-corrected chi connectivity index (χ3v) is 5.24. The third kappa shape index (κ3) is 2.68. The maximum absolute atomic E-state index is 12.8. The first-order valence-corrected chi connectivity index (χ1v) is 8.40. The molecule has 0 saturated carbocycles. The zero-order valence-corrected chi connectivity index (χ0v) is 13.3. The number of benzene rings is 2. The summed E-state index contributed by atoms with van der Waals surface area (Å²) in [4.78, 5) is 0.235. The van der Waals surface area contributed by atoms with E-state index in [-0.39, 0.29) is 4.90 Å². The van der Waals surface area contributed by atoms with Crippen molar-refractivity contribution in [3.8, 4) is 17.0 Å². The van der Waals surface area contributed by atoms with Gasteiger partial charge in [-0.05, 0) is 42.5 Å². The summed E-state index contributed by atoms with van der Waals surface area (Å²) in [7, 11) is -2.12. The van der Waals surface area contributed by atoms with Crippen molar-refractivity contribution in [2.75, 3.05) is 12.8 Å². The lowest BCUT2D eigenvalue weighted by Gasteiger charge is -2.12. The molecule has 6 heteroatoms. The minimum Gasteiger partial charge on any atom is -0.495 e. The Kier molecular flexibility index (Phi) is 3.83. The van der Waals surface area contributed by atoms with Gasteiger partial charge in [-0.3, -0.25) is 0 Å². The number of anilines is 1. The lowest BCUT2D eigenvalue weighted by atomic mass is 10.1. The topological polar surface area (TPSA) is 74.3 Å². The van der Waals surface area contributed by atoms with Gasteiger partial charge in [0.2, 0.25) is 0 Å². The second-order valence-corrected chi connectivity index (χ2v) is 6.78. The van der Waals surface area contributed by atoms with E-state index in [2.05, 4.69) is 0 Å². The largest absolute Gasteiger partial charge is 0.495 e. The standard InChI is InChI=1S/C17H16N2O3S/c1-22-17-10-9-13(12-15(17)18)16-8-5-11-19(16)23(20,21)14-6-3-2-4-7-14/h2-12H,18H2,1H3. The van der Waals surface area contributed by atoms with E-state index in [1.54, 1.807) is 60.7 Å². The van der Waals surface area contributed by atoms with Crippen LogP contribution in [-0.2, 0) is 10.0 Å². The Hall–Kier alpha value is -2.73. The molecule has 0 atom stereocenters. The maximum atomic E-state index is 12.8. The molecule has 3 rings (SSSR count). The predicted molar refractivity (Wildman–Crippen MR) is 89.9 cm³/mol. The summed E-state index contributed by atoms with van der Waals surface area (Å²) < 4.78 is 32.0. The zero-order chi connectivity index (χ0) is 16.4. The van der Waals surface area contributed by atoms with Crippen molar-refractivity contribution in [2.24, 2.45) is 0 Å². The SMILES string of the molecule is COc1ccc(-c2cccn2S(=O)(=O)c2ccccc2)cc1N. The van der Waals surface area contributed by atoms with E-state index in [1.807, 2.05) is 0 Å². The molecule has 0 spiro atoms. The second-order valence-electron chi connectivity index (χ2n) is 4.96. The average molecular weight is 328 g/mol. The monoisotopic (exact) mass is 328 g/mol. The molecule has 0 aliphatic carbocycles. The van der Waals surface area contributed by atoms with Gasteiger partial charge in [-0.1, -0.05) is 18.2 Å². The summed E-state index contributed by atoms with van der Waals surface area (Å²) in [6, 6.07) is 16.9. The number of hydrogen-bond acceptors (Lipinski definition) is 4. The van der Waals surface area contributed by atoms with Crippen LogP contribution in [0.4, 0.5) is 5.69 Å². The van der Waals surface area contributed by atoms with Crippen LogP contribution in [0.15, 0.2) is 71.8 Å². The van der Waals surface area contributed by atoms with Gasteiger partial charge in [0.1, 0.15) is 5.75 Å². The van der Waals surface area contributed by atoms with Crippen LogP contribution in [0.25, 0.3) is 11.3 Å². The zero-order valence-electron chi connectivity index (χ0n) is 12.5. The number of hydrogen-bond donors (Lipinski definition) is 1. The molecule has 1 aromatic heterocycles. The van der Waals surface area contributed by atoms with Gasteiger partial charge in [0, 0.05) is 11.8 Å². The summed E-state index contributed by atoms with van der Waals surface area (Å²) in [5, 5.41) is 0. The van der Waals surface area contributed by atoms with Crippen molar-refractivity contribution in [2.45, 2.75) is 4.90 Å². The quantitative estimate of drug-likeness (QED) is 0.747. The van der Waals surface area contributed by atoms with Crippen molar-refractivity contribution in [3.63, 3.8) is 0 Å². The van der Waals surface area contributed by atoms with Crippen molar-refractivity contribution in [3.05, 3.63) is 66.9 Å². The van der Waals surface area contributed by atoms with Gasteiger partial charge in [0.25, 0.3) is 10.0 Å². The lowest BCUT2D eigenvalue weighted by Crippen LogP contribution is -2.13. The van der Waals surface area contributed by atoms with Gasteiger partial charge < -0.3 is 10.5 Å². The van der Waals surface area contributed by atoms with Crippen molar-refractivity contribution >= 4 is 15.7 Å². The highest BCUT2D eigenvalue weighted by molar-refractivity contribution is 7.90. The normalized spacial score (nSPS) is 11.3. The van der Waals surface area contributed by atoms with Crippen LogP contribution in [0.1, 0.15) is 0 Å². The fraction of sp³-hybridized carbons (Fsp3) is 0.0588. The highest BCUT2D eigenvalue weighted by Gasteiger charge is 2.20. The Labute approximate surface area is 135 Å². The molecule has 3 aromatic rings.